The number of nitrogens with zero attached hydrogens (tertiary/aromatic N) is 1. The van der Waals surface area contributed by atoms with E-state index >= 15 is 0 Å². The quantitative estimate of drug-likeness (QED) is 0.916. The fraction of sp³-hybridized carbons (Fsp3) is 0.467. The van der Waals surface area contributed by atoms with Crippen LogP contribution in [-0.4, -0.2) is 29.3 Å². The van der Waals surface area contributed by atoms with Gasteiger partial charge in [-0.1, -0.05) is 41.4 Å². The summed E-state index contributed by atoms with van der Waals surface area (Å²) in [6.07, 6.45) is 1.95. The number of carbonyl (C=O) groups excluding carboxylic acids is 2. The summed E-state index contributed by atoms with van der Waals surface area (Å²) in [4.78, 5) is 25.9. The third-order valence-corrected chi connectivity index (χ3v) is 3.89. The van der Waals surface area contributed by atoms with Gasteiger partial charge in [0.2, 0.25) is 11.8 Å². The van der Waals surface area contributed by atoms with E-state index in [2.05, 4.69) is 21.2 Å². The maximum atomic E-state index is 12.5. The summed E-state index contributed by atoms with van der Waals surface area (Å²) in [5, 5.41) is 2.82. The molecule has 1 fully saturated rings. The summed E-state index contributed by atoms with van der Waals surface area (Å²) in [6, 6.07) is 7.53. The number of hydrogen-bond acceptors (Lipinski definition) is 2. The molecule has 1 aliphatic rings. The average Bonchev–Trinajstić information content (AvgIpc) is 2.53. The number of rotatable bonds is 4. The van der Waals surface area contributed by atoms with Gasteiger partial charge >= 0.3 is 0 Å². The van der Waals surface area contributed by atoms with Crippen molar-refractivity contribution in [1.29, 1.82) is 0 Å². The molecule has 1 aliphatic heterocycles. The van der Waals surface area contributed by atoms with E-state index in [0.717, 1.165) is 16.5 Å². The van der Waals surface area contributed by atoms with Crippen LogP contribution in [0.1, 0.15) is 31.7 Å². The highest BCUT2D eigenvalue weighted by Crippen LogP contribution is 2.16. The van der Waals surface area contributed by atoms with Crippen molar-refractivity contribution >= 4 is 27.7 Å². The second-order valence-electron chi connectivity index (χ2n) is 5.05. The van der Waals surface area contributed by atoms with Gasteiger partial charge in [0.25, 0.3) is 0 Å². The third kappa shape index (κ3) is 3.82. The summed E-state index contributed by atoms with van der Waals surface area (Å²) in [6.45, 7) is 3.05. The van der Waals surface area contributed by atoms with E-state index in [0.29, 0.717) is 25.9 Å². The molecule has 5 heteroatoms. The molecule has 1 aromatic carbocycles. The van der Waals surface area contributed by atoms with E-state index < -0.39 is 0 Å². The zero-order valence-corrected chi connectivity index (χ0v) is 13.1. The minimum atomic E-state index is -0.373. The number of amides is 2. The maximum Gasteiger partial charge on any atom is 0.245 e. The third-order valence-electron chi connectivity index (χ3n) is 3.39. The SMILES string of the molecule is CCCC1NC(=O)CCN(Cc2cccc(Br)c2)C1=O. The van der Waals surface area contributed by atoms with Crippen molar-refractivity contribution in [2.75, 3.05) is 6.54 Å². The van der Waals surface area contributed by atoms with Crippen LogP contribution in [0.3, 0.4) is 0 Å². The fourth-order valence-electron chi connectivity index (χ4n) is 2.39. The number of halogens is 1. The molecule has 0 aromatic heterocycles. The average molecular weight is 339 g/mol. The van der Waals surface area contributed by atoms with Crippen molar-refractivity contribution in [2.24, 2.45) is 0 Å². The van der Waals surface area contributed by atoms with Crippen molar-refractivity contribution in [3.8, 4) is 0 Å². The van der Waals surface area contributed by atoms with Crippen LogP contribution in [0.5, 0.6) is 0 Å². The van der Waals surface area contributed by atoms with Gasteiger partial charge in [0, 0.05) is 24.0 Å². The largest absolute Gasteiger partial charge is 0.344 e. The first kappa shape index (κ1) is 15.0. The number of nitrogens with one attached hydrogen (secondary N) is 1. The van der Waals surface area contributed by atoms with Gasteiger partial charge in [-0.3, -0.25) is 9.59 Å². The minimum absolute atomic E-state index is 0.0256. The molecule has 1 N–H and O–H groups in total. The highest BCUT2D eigenvalue weighted by atomic mass is 79.9. The zero-order valence-electron chi connectivity index (χ0n) is 11.6. The molecule has 0 aliphatic carbocycles. The lowest BCUT2D eigenvalue weighted by Gasteiger charge is -2.24. The van der Waals surface area contributed by atoms with Gasteiger partial charge in [0.1, 0.15) is 6.04 Å². The Morgan fingerprint density at radius 2 is 2.20 bits per heavy atom. The van der Waals surface area contributed by atoms with Gasteiger partial charge < -0.3 is 10.2 Å². The lowest BCUT2D eigenvalue weighted by Crippen LogP contribution is -2.44. The summed E-state index contributed by atoms with van der Waals surface area (Å²) in [5.41, 5.74) is 1.07. The molecule has 1 unspecified atom stereocenters. The van der Waals surface area contributed by atoms with E-state index in [1.54, 1.807) is 4.90 Å². The van der Waals surface area contributed by atoms with Crippen LogP contribution < -0.4 is 5.32 Å². The van der Waals surface area contributed by atoms with Crippen molar-refractivity contribution in [3.05, 3.63) is 34.3 Å². The smallest absolute Gasteiger partial charge is 0.245 e. The monoisotopic (exact) mass is 338 g/mol. The Balaban J connectivity index is 2.12. The van der Waals surface area contributed by atoms with Gasteiger partial charge in [-0.2, -0.15) is 0 Å². The Morgan fingerprint density at radius 3 is 2.90 bits per heavy atom. The molecule has 1 aromatic rings. The van der Waals surface area contributed by atoms with Gasteiger partial charge in [0.05, 0.1) is 0 Å². The molecule has 0 bridgehead atoms. The summed E-state index contributed by atoms with van der Waals surface area (Å²) < 4.78 is 0.997. The fourth-order valence-corrected chi connectivity index (χ4v) is 2.84. The lowest BCUT2D eigenvalue weighted by molar-refractivity contribution is -0.134. The summed E-state index contributed by atoms with van der Waals surface area (Å²) in [5.74, 6) is -0.00813. The molecule has 20 heavy (non-hydrogen) atoms. The van der Waals surface area contributed by atoms with Crippen molar-refractivity contribution < 1.29 is 9.59 Å². The number of benzene rings is 1. The Morgan fingerprint density at radius 1 is 1.40 bits per heavy atom. The van der Waals surface area contributed by atoms with Gasteiger partial charge in [-0.05, 0) is 24.1 Å². The molecule has 1 saturated heterocycles. The van der Waals surface area contributed by atoms with Crippen LogP contribution in [0.25, 0.3) is 0 Å². The van der Waals surface area contributed by atoms with E-state index in [1.807, 2.05) is 31.2 Å². The molecule has 108 valence electrons. The topological polar surface area (TPSA) is 49.4 Å². The molecule has 0 radical (unpaired) electrons. The molecule has 1 atom stereocenters. The highest BCUT2D eigenvalue weighted by molar-refractivity contribution is 9.10. The van der Waals surface area contributed by atoms with Crippen LogP contribution >= 0.6 is 15.9 Å². The highest BCUT2D eigenvalue weighted by Gasteiger charge is 2.28. The summed E-state index contributed by atoms with van der Waals surface area (Å²) >= 11 is 3.43. The molecular formula is C15H19BrN2O2. The lowest BCUT2D eigenvalue weighted by atomic mass is 10.1. The van der Waals surface area contributed by atoms with Crippen LogP contribution in [0, 0.1) is 0 Å². The molecular weight excluding hydrogens is 320 g/mol. The van der Waals surface area contributed by atoms with Crippen LogP contribution in [0.15, 0.2) is 28.7 Å². The second kappa shape index (κ2) is 6.88. The van der Waals surface area contributed by atoms with Gasteiger partial charge in [0.15, 0.2) is 0 Å². The van der Waals surface area contributed by atoms with Crippen molar-refractivity contribution in [1.82, 2.24) is 10.2 Å². The van der Waals surface area contributed by atoms with Crippen LogP contribution in [0.4, 0.5) is 0 Å². The Bertz CT molecular complexity index is 504. The van der Waals surface area contributed by atoms with Crippen LogP contribution in [-0.2, 0) is 16.1 Å². The van der Waals surface area contributed by atoms with Gasteiger partial charge in [-0.15, -0.1) is 0 Å². The predicted octanol–water partition coefficient (Wildman–Crippen LogP) is 2.47. The summed E-state index contributed by atoms with van der Waals surface area (Å²) in [7, 11) is 0. The first-order valence-corrected chi connectivity index (χ1v) is 7.72. The Labute approximate surface area is 127 Å². The molecule has 1 heterocycles. The van der Waals surface area contributed by atoms with E-state index in [1.165, 1.54) is 0 Å². The Kier molecular flexibility index (Phi) is 5.17. The first-order chi connectivity index (χ1) is 9.60. The minimum Gasteiger partial charge on any atom is -0.344 e. The molecule has 0 saturated carbocycles. The Hall–Kier alpha value is -1.36. The molecule has 2 amide bonds. The van der Waals surface area contributed by atoms with Crippen molar-refractivity contribution in [3.63, 3.8) is 0 Å². The zero-order chi connectivity index (χ0) is 14.5. The molecule has 4 nitrogen and oxygen atoms in total. The second-order valence-corrected chi connectivity index (χ2v) is 5.96. The van der Waals surface area contributed by atoms with Crippen LogP contribution in [0.2, 0.25) is 0 Å². The number of carbonyl (C=O) groups is 2. The van der Waals surface area contributed by atoms with Gasteiger partial charge in [-0.25, -0.2) is 0 Å². The normalized spacial score (nSPS) is 19.7. The van der Waals surface area contributed by atoms with E-state index in [9.17, 15) is 9.59 Å². The van der Waals surface area contributed by atoms with E-state index in [4.69, 9.17) is 0 Å². The predicted molar refractivity (Wildman–Crippen MR) is 81.0 cm³/mol. The number of hydrogen-bond donors (Lipinski definition) is 1. The molecule has 0 spiro atoms. The maximum absolute atomic E-state index is 12.5. The van der Waals surface area contributed by atoms with E-state index in [-0.39, 0.29) is 17.9 Å². The van der Waals surface area contributed by atoms with Crippen molar-refractivity contribution in [2.45, 2.75) is 38.8 Å². The standard InChI is InChI=1S/C15H19BrN2O2/c1-2-4-13-15(20)18(8-7-14(19)17-13)10-11-5-3-6-12(16)9-11/h3,5-6,9,13H,2,4,7-8,10H2,1H3,(H,17,19). The first-order valence-electron chi connectivity index (χ1n) is 6.92. The molecule has 2 rings (SSSR count).